The van der Waals surface area contributed by atoms with E-state index in [4.69, 9.17) is 5.11 Å². The molecule has 1 heterocycles. The maximum atomic E-state index is 10.5. The van der Waals surface area contributed by atoms with E-state index in [-0.39, 0.29) is 6.42 Å². The van der Waals surface area contributed by atoms with E-state index in [2.05, 4.69) is 4.98 Å². The van der Waals surface area contributed by atoms with Gasteiger partial charge in [0, 0.05) is 11.9 Å². The first-order valence-electron chi connectivity index (χ1n) is 4.56. The van der Waals surface area contributed by atoms with Crippen molar-refractivity contribution in [3.63, 3.8) is 0 Å². The van der Waals surface area contributed by atoms with Gasteiger partial charge in [0.25, 0.3) is 0 Å². The summed E-state index contributed by atoms with van der Waals surface area (Å²) in [7, 11) is 0. The fourth-order valence-electron chi connectivity index (χ4n) is 1.35. The van der Waals surface area contributed by atoms with Crippen molar-refractivity contribution in [2.75, 3.05) is 0 Å². The molecule has 0 fully saturated rings. The molecule has 0 amide bonds. The number of nitrogens with zero attached hydrogens (tertiary/aromatic N) is 2. The summed E-state index contributed by atoms with van der Waals surface area (Å²) in [5.41, 5.74) is 1.54. The molecule has 0 aliphatic rings. The third kappa shape index (κ3) is 2.22. The minimum Gasteiger partial charge on any atom is -0.481 e. The lowest BCUT2D eigenvalue weighted by molar-refractivity contribution is -0.136. The predicted octanol–water partition coefficient (Wildman–Crippen LogP) is 1.50. The number of rotatable bonds is 3. The second-order valence-corrected chi connectivity index (χ2v) is 3.18. The number of imidazole rings is 1. The summed E-state index contributed by atoms with van der Waals surface area (Å²) in [6.45, 7) is 0. The Morgan fingerprint density at radius 3 is 2.73 bits per heavy atom. The van der Waals surface area contributed by atoms with Gasteiger partial charge in [-0.3, -0.25) is 4.79 Å². The summed E-state index contributed by atoms with van der Waals surface area (Å²) in [4.78, 5) is 14.5. The van der Waals surface area contributed by atoms with Crippen molar-refractivity contribution in [2.45, 2.75) is 6.42 Å². The van der Waals surface area contributed by atoms with E-state index in [0.29, 0.717) is 5.69 Å². The lowest BCUT2D eigenvalue weighted by Crippen LogP contribution is -1.99. The molecule has 0 saturated heterocycles. The molecule has 15 heavy (non-hydrogen) atoms. The molecule has 2 aromatic rings. The number of hydrogen-bond acceptors (Lipinski definition) is 2. The van der Waals surface area contributed by atoms with Gasteiger partial charge in [-0.25, -0.2) is 4.98 Å². The maximum Gasteiger partial charge on any atom is 0.309 e. The number of aliphatic carboxylic acids is 1. The van der Waals surface area contributed by atoms with Crippen LogP contribution >= 0.6 is 0 Å². The molecule has 0 spiro atoms. The van der Waals surface area contributed by atoms with Crippen molar-refractivity contribution < 1.29 is 9.90 Å². The summed E-state index contributed by atoms with van der Waals surface area (Å²) in [5.74, 6) is -0.867. The Morgan fingerprint density at radius 2 is 2.07 bits per heavy atom. The Kier molecular flexibility index (Phi) is 2.49. The molecule has 0 aliphatic heterocycles. The van der Waals surface area contributed by atoms with Crippen LogP contribution in [-0.2, 0) is 11.2 Å². The van der Waals surface area contributed by atoms with Crippen molar-refractivity contribution in [1.29, 1.82) is 0 Å². The van der Waals surface area contributed by atoms with Gasteiger partial charge in [-0.05, 0) is 12.1 Å². The Bertz CT molecular complexity index is 462. The summed E-state index contributed by atoms with van der Waals surface area (Å²) >= 11 is 0. The van der Waals surface area contributed by atoms with Gasteiger partial charge in [0.15, 0.2) is 0 Å². The minimum atomic E-state index is -0.867. The zero-order valence-electron chi connectivity index (χ0n) is 8.00. The number of carbonyl (C=O) groups is 1. The highest BCUT2D eigenvalue weighted by Crippen LogP contribution is 2.07. The van der Waals surface area contributed by atoms with Crippen LogP contribution in [0.2, 0.25) is 0 Å². The van der Waals surface area contributed by atoms with Crippen LogP contribution in [0.4, 0.5) is 0 Å². The molecule has 4 heteroatoms. The fourth-order valence-corrected chi connectivity index (χ4v) is 1.35. The SMILES string of the molecule is O=C(O)Cc1cn(-c2ccccc2)cn1. The van der Waals surface area contributed by atoms with Gasteiger partial charge in [-0.15, -0.1) is 0 Å². The summed E-state index contributed by atoms with van der Waals surface area (Å²) in [6.07, 6.45) is 3.30. The van der Waals surface area contributed by atoms with Gasteiger partial charge in [0.1, 0.15) is 0 Å². The smallest absolute Gasteiger partial charge is 0.309 e. The Hall–Kier alpha value is -2.10. The summed E-state index contributed by atoms with van der Waals surface area (Å²) in [6, 6.07) is 9.65. The molecule has 4 nitrogen and oxygen atoms in total. The monoisotopic (exact) mass is 202 g/mol. The van der Waals surface area contributed by atoms with Gasteiger partial charge in [0.05, 0.1) is 18.4 Å². The number of hydrogen-bond donors (Lipinski definition) is 1. The molecule has 0 atom stereocenters. The van der Waals surface area contributed by atoms with E-state index >= 15 is 0 Å². The van der Waals surface area contributed by atoms with Crippen LogP contribution in [0.25, 0.3) is 5.69 Å². The van der Waals surface area contributed by atoms with Crippen LogP contribution in [0.3, 0.4) is 0 Å². The van der Waals surface area contributed by atoms with Crippen LogP contribution < -0.4 is 0 Å². The minimum absolute atomic E-state index is 0.0418. The molecule has 0 unspecified atom stereocenters. The molecule has 0 aliphatic carbocycles. The molecule has 1 N–H and O–H groups in total. The van der Waals surface area contributed by atoms with Gasteiger partial charge in [-0.1, -0.05) is 18.2 Å². The molecule has 76 valence electrons. The highest BCUT2D eigenvalue weighted by Gasteiger charge is 2.04. The Labute approximate surface area is 86.8 Å². The van der Waals surface area contributed by atoms with Crippen molar-refractivity contribution in [3.05, 3.63) is 48.5 Å². The van der Waals surface area contributed by atoms with Crippen molar-refractivity contribution in [2.24, 2.45) is 0 Å². The van der Waals surface area contributed by atoms with Gasteiger partial charge in [-0.2, -0.15) is 0 Å². The topological polar surface area (TPSA) is 55.1 Å². The van der Waals surface area contributed by atoms with E-state index in [0.717, 1.165) is 5.69 Å². The van der Waals surface area contributed by atoms with Crippen LogP contribution in [0.5, 0.6) is 0 Å². The largest absolute Gasteiger partial charge is 0.481 e. The van der Waals surface area contributed by atoms with Crippen molar-refractivity contribution in [3.8, 4) is 5.69 Å². The van der Waals surface area contributed by atoms with Gasteiger partial charge in [0.2, 0.25) is 0 Å². The van der Waals surface area contributed by atoms with E-state index in [1.807, 2.05) is 30.3 Å². The van der Waals surface area contributed by atoms with Crippen LogP contribution in [0.1, 0.15) is 5.69 Å². The third-order valence-electron chi connectivity index (χ3n) is 2.02. The second kappa shape index (κ2) is 3.96. The highest BCUT2D eigenvalue weighted by molar-refractivity contribution is 5.69. The molecule has 0 saturated carbocycles. The Morgan fingerprint density at radius 1 is 1.33 bits per heavy atom. The molecule has 1 aromatic carbocycles. The van der Waals surface area contributed by atoms with Crippen molar-refractivity contribution >= 4 is 5.97 Å². The number of aromatic nitrogens is 2. The van der Waals surface area contributed by atoms with Gasteiger partial charge < -0.3 is 9.67 Å². The number of para-hydroxylation sites is 1. The lowest BCUT2D eigenvalue weighted by Gasteiger charge is -1.99. The van der Waals surface area contributed by atoms with Crippen molar-refractivity contribution in [1.82, 2.24) is 9.55 Å². The molecule has 0 radical (unpaired) electrons. The Balaban J connectivity index is 2.24. The first-order valence-corrected chi connectivity index (χ1v) is 4.56. The zero-order chi connectivity index (χ0) is 10.7. The normalized spacial score (nSPS) is 10.1. The van der Waals surface area contributed by atoms with Crippen LogP contribution in [0, 0.1) is 0 Å². The van der Waals surface area contributed by atoms with E-state index < -0.39 is 5.97 Å². The van der Waals surface area contributed by atoms with Crippen LogP contribution in [-0.4, -0.2) is 20.6 Å². The lowest BCUT2D eigenvalue weighted by atomic mass is 10.3. The summed E-state index contributed by atoms with van der Waals surface area (Å²) < 4.78 is 1.80. The first-order chi connectivity index (χ1) is 7.25. The zero-order valence-corrected chi connectivity index (χ0v) is 8.00. The highest BCUT2D eigenvalue weighted by atomic mass is 16.4. The molecule has 0 bridgehead atoms. The average Bonchev–Trinajstić information content (AvgIpc) is 2.67. The fraction of sp³-hybridized carbons (Fsp3) is 0.0909. The van der Waals surface area contributed by atoms with Gasteiger partial charge >= 0.3 is 5.97 Å². The maximum absolute atomic E-state index is 10.5. The quantitative estimate of drug-likeness (QED) is 0.820. The average molecular weight is 202 g/mol. The summed E-state index contributed by atoms with van der Waals surface area (Å²) in [5, 5.41) is 8.60. The third-order valence-corrected chi connectivity index (χ3v) is 2.02. The first kappa shape index (κ1) is 9.45. The number of carboxylic acids is 1. The molecular formula is C11H10N2O2. The number of benzene rings is 1. The number of carboxylic acid groups (broad SMARTS) is 1. The van der Waals surface area contributed by atoms with Crippen LogP contribution in [0.15, 0.2) is 42.9 Å². The molecular weight excluding hydrogens is 192 g/mol. The predicted molar refractivity (Wildman–Crippen MR) is 54.9 cm³/mol. The van der Waals surface area contributed by atoms with E-state index in [9.17, 15) is 4.79 Å². The van der Waals surface area contributed by atoms with E-state index in [1.165, 1.54) is 0 Å². The standard InChI is InChI=1S/C11H10N2O2/c14-11(15)6-9-7-13(8-12-9)10-4-2-1-3-5-10/h1-5,7-8H,6H2,(H,14,15). The second-order valence-electron chi connectivity index (χ2n) is 3.18. The molecule has 1 aromatic heterocycles. The molecule has 2 rings (SSSR count). The van der Waals surface area contributed by atoms with E-state index in [1.54, 1.807) is 17.1 Å².